The number of amides is 2. The molecule has 10 heteroatoms. The second-order valence-electron chi connectivity index (χ2n) is 14.0. The number of pyridine rings is 1. The molecule has 2 bridgehead atoms. The third-order valence-corrected chi connectivity index (χ3v) is 11.0. The van der Waals surface area contributed by atoms with E-state index in [1.807, 2.05) is 21.9 Å². The molecule has 2 saturated heterocycles. The molecule has 3 atom stereocenters. The van der Waals surface area contributed by atoms with Crippen LogP contribution >= 0.6 is 0 Å². The number of hydrogen-bond donors (Lipinski definition) is 1. The molecule has 2 aromatic carbocycles. The summed E-state index contributed by atoms with van der Waals surface area (Å²) in [5.41, 5.74) is 11.6. The zero-order chi connectivity index (χ0) is 31.8. The molecule has 5 heterocycles. The Morgan fingerprint density at radius 3 is 2.38 bits per heavy atom. The number of imidazole rings is 1. The Labute approximate surface area is 273 Å². The summed E-state index contributed by atoms with van der Waals surface area (Å²) in [5.74, 6) is 2.80. The molecule has 2 aliphatic heterocycles. The molecule has 240 valence electrons. The van der Waals surface area contributed by atoms with Gasteiger partial charge in [-0.3, -0.25) is 14.6 Å². The van der Waals surface area contributed by atoms with Crippen molar-refractivity contribution >= 4 is 33.8 Å². The smallest absolute Gasteiger partial charge is 0.254 e. The van der Waals surface area contributed by atoms with Gasteiger partial charge in [-0.2, -0.15) is 0 Å². The van der Waals surface area contributed by atoms with Crippen LogP contribution in [0.15, 0.2) is 67.0 Å². The first-order valence-electron chi connectivity index (χ1n) is 16.9. The molecule has 47 heavy (non-hydrogen) atoms. The number of benzene rings is 2. The molecule has 0 radical (unpaired) electrons. The molecule has 4 aliphatic rings. The SMILES string of the molecule is COc1cc(C(=O)N2CC3CCC2[C@@H]3N)cc2nc(-c3cc4ccccc4n3CC3CC3)n(CC3CN(C(=O)c4ccncc4)C3)c12. The molecule has 2 amide bonds. The first-order chi connectivity index (χ1) is 23.0. The van der Waals surface area contributed by atoms with Gasteiger partial charge >= 0.3 is 0 Å². The highest BCUT2D eigenvalue weighted by Gasteiger charge is 2.47. The number of carbonyl (C=O) groups excluding carboxylic acids is 2. The van der Waals surface area contributed by atoms with E-state index in [0.29, 0.717) is 54.9 Å². The molecular weight excluding hydrogens is 590 g/mol. The molecule has 3 aromatic heterocycles. The standard InChI is InChI=1S/C37H39N7O3/c1-47-32-16-27(37(46)43-21-26-8-9-30(43)33(26)38)14-28-34(32)44(20-23-17-41(18-23)36(45)24-10-12-39-13-11-24)35(40-28)31-15-25-4-2-3-5-29(25)42(31)19-22-6-7-22/h2-5,10-16,22-23,26,30,33H,6-9,17-21,38H2,1H3/t26?,30?,33-/m1/s1. The summed E-state index contributed by atoms with van der Waals surface area (Å²) in [7, 11) is 1.66. The number of aromatic nitrogens is 4. The third kappa shape index (κ3) is 4.72. The molecule has 2 unspecified atom stereocenters. The number of hydrogen-bond acceptors (Lipinski definition) is 6. The maximum absolute atomic E-state index is 13.9. The second kappa shape index (κ2) is 10.9. The fraction of sp³-hybridized carbons (Fsp3) is 0.405. The van der Waals surface area contributed by atoms with Crippen LogP contribution in [0.5, 0.6) is 5.75 Å². The number of nitrogens with two attached hydrogens (primary N) is 1. The minimum Gasteiger partial charge on any atom is -0.494 e. The number of carbonyl (C=O) groups is 2. The van der Waals surface area contributed by atoms with Gasteiger partial charge in [-0.1, -0.05) is 18.2 Å². The Balaban J connectivity index is 1.13. The highest BCUT2D eigenvalue weighted by Crippen LogP contribution is 2.41. The number of para-hydroxylation sites is 1. The first-order valence-corrected chi connectivity index (χ1v) is 16.9. The lowest BCUT2D eigenvalue weighted by Gasteiger charge is -2.39. The van der Waals surface area contributed by atoms with Gasteiger partial charge in [0.05, 0.1) is 18.3 Å². The minimum absolute atomic E-state index is 0.00365. The predicted molar refractivity (Wildman–Crippen MR) is 179 cm³/mol. The van der Waals surface area contributed by atoms with E-state index in [-0.39, 0.29) is 29.8 Å². The summed E-state index contributed by atoms with van der Waals surface area (Å²) >= 11 is 0. The minimum atomic E-state index is -0.00365. The molecule has 9 rings (SSSR count). The van der Waals surface area contributed by atoms with Crippen molar-refractivity contribution in [1.29, 1.82) is 0 Å². The summed E-state index contributed by atoms with van der Waals surface area (Å²) in [6.45, 7) is 3.64. The quantitative estimate of drug-likeness (QED) is 0.264. The molecule has 2 N–H and O–H groups in total. The van der Waals surface area contributed by atoms with E-state index in [1.54, 1.807) is 31.6 Å². The summed E-state index contributed by atoms with van der Waals surface area (Å²) in [6.07, 6.45) is 7.85. The topological polar surface area (TPSA) is 112 Å². The largest absolute Gasteiger partial charge is 0.494 e. The van der Waals surface area contributed by atoms with Gasteiger partial charge in [0.2, 0.25) is 0 Å². The summed E-state index contributed by atoms with van der Waals surface area (Å²) in [6, 6.07) is 18.3. The lowest BCUT2D eigenvalue weighted by molar-refractivity contribution is 0.0471. The van der Waals surface area contributed by atoms with Crippen molar-refractivity contribution in [2.45, 2.75) is 50.9 Å². The van der Waals surface area contributed by atoms with E-state index in [0.717, 1.165) is 41.9 Å². The van der Waals surface area contributed by atoms with Gasteiger partial charge < -0.3 is 29.4 Å². The van der Waals surface area contributed by atoms with E-state index in [1.165, 1.54) is 23.7 Å². The van der Waals surface area contributed by atoms with Crippen molar-refractivity contribution in [2.24, 2.45) is 23.5 Å². The molecule has 4 fully saturated rings. The maximum atomic E-state index is 13.9. The lowest BCUT2D eigenvalue weighted by atomic mass is 9.98. The van der Waals surface area contributed by atoms with Crippen LogP contribution in [0.3, 0.4) is 0 Å². The fourth-order valence-electron chi connectivity index (χ4n) is 8.27. The summed E-state index contributed by atoms with van der Waals surface area (Å²) < 4.78 is 10.7. The van der Waals surface area contributed by atoms with Crippen molar-refractivity contribution in [3.05, 3.63) is 78.1 Å². The molecular formula is C37H39N7O3. The number of piperidine rings is 1. The van der Waals surface area contributed by atoms with Crippen molar-refractivity contribution < 1.29 is 14.3 Å². The van der Waals surface area contributed by atoms with Crippen LogP contribution in [-0.2, 0) is 13.1 Å². The van der Waals surface area contributed by atoms with Crippen LogP contribution in [0.25, 0.3) is 33.5 Å². The van der Waals surface area contributed by atoms with Gasteiger partial charge in [0.25, 0.3) is 11.8 Å². The van der Waals surface area contributed by atoms with Crippen molar-refractivity contribution in [3.63, 3.8) is 0 Å². The molecule has 10 nitrogen and oxygen atoms in total. The Hall–Kier alpha value is -4.70. The highest BCUT2D eigenvalue weighted by molar-refractivity contribution is 6.01. The average molecular weight is 630 g/mol. The van der Waals surface area contributed by atoms with Crippen molar-refractivity contribution in [3.8, 4) is 17.3 Å². The monoisotopic (exact) mass is 629 g/mol. The number of nitrogens with zero attached hydrogens (tertiary/aromatic N) is 6. The van der Waals surface area contributed by atoms with Gasteiger partial charge in [-0.25, -0.2) is 4.98 Å². The maximum Gasteiger partial charge on any atom is 0.254 e. The van der Waals surface area contributed by atoms with Crippen LogP contribution < -0.4 is 10.5 Å². The predicted octanol–water partition coefficient (Wildman–Crippen LogP) is 4.81. The average Bonchev–Trinajstić information content (AvgIpc) is 3.44. The normalized spacial score (nSPS) is 22.4. The van der Waals surface area contributed by atoms with E-state index < -0.39 is 0 Å². The van der Waals surface area contributed by atoms with Gasteiger partial charge in [0.1, 0.15) is 11.3 Å². The van der Waals surface area contributed by atoms with Gasteiger partial charge in [-0.15, -0.1) is 0 Å². The summed E-state index contributed by atoms with van der Waals surface area (Å²) in [4.78, 5) is 40.3. The fourth-order valence-corrected chi connectivity index (χ4v) is 8.27. The lowest BCUT2D eigenvalue weighted by Crippen LogP contribution is -2.51. The van der Waals surface area contributed by atoms with E-state index in [4.69, 9.17) is 15.5 Å². The van der Waals surface area contributed by atoms with E-state index >= 15 is 0 Å². The second-order valence-corrected chi connectivity index (χ2v) is 14.0. The molecule has 0 spiro atoms. The van der Waals surface area contributed by atoms with E-state index in [2.05, 4.69) is 44.5 Å². The van der Waals surface area contributed by atoms with Crippen molar-refractivity contribution in [2.75, 3.05) is 26.7 Å². The number of methoxy groups -OCH3 is 1. The third-order valence-electron chi connectivity index (χ3n) is 11.0. The Morgan fingerprint density at radius 2 is 1.66 bits per heavy atom. The Kier molecular flexibility index (Phi) is 6.64. The van der Waals surface area contributed by atoms with Gasteiger partial charge in [-0.05, 0) is 73.9 Å². The summed E-state index contributed by atoms with van der Waals surface area (Å²) in [5, 5.41) is 1.18. The first kappa shape index (κ1) is 28.5. The number of rotatable bonds is 8. The van der Waals surface area contributed by atoms with Gasteiger partial charge in [0.15, 0.2) is 5.82 Å². The van der Waals surface area contributed by atoms with Crippen LogP contribution in [-0.4, -0.2) is 79.5 Å². The van der Waals surface area contributed by atoms with Crippen LogP contribution in [0, 0.1) is 17.8 Å². The van der Waals surface area contributed by atoms with Crippen molar-refractivity contribution in [1.82, 2.24) is 28.9 Å². The number of likely N-dealkylation sites (tertiary alicyclic amines) is 2. The highest BCUT2D eigenvalue weighted by atomic mass is 16.5. The Morgan fingerprint density at radius 1 is 0.872 bits per heavy atom. The molecule has 2 aliphatic carbocycles. The van der Waals surface area contributed by atoms with Gasteiger partial charge in [0, 0.05) is 85.1 Å². The van der Waals surface area contributed by atoms with E-state index in [9.17, 15) is 9.59 Å². The van der Waals surface area contributed by atoms with Crippen LogP contribution in [0.2, 0.25) is 0 Å². The Bertz CT molecular complexity index is 2020. The number of fused-ring (bicyclic) bond motifs is 4. The zero-order valence-electron chi connectivity index (χ0n) is 26.6. The van der Waals surface area contributed by atoms with Crippen LogP contribution in [0.1, 0.15) is 46.4 Å². The van der Waals surface area contributed by atoms with Crippen LogP contribution in [0.4, 0.5) is 0 Å². The number of ether oxygens (including phenoxy) is 1. The zero-order valence-corrected chi connectivity index (χ0v) is 26.6. The molecule has 2 saturated carbocycles. The molecule has 5 aromatic rings.